The van der Waals surface area contributed by atoms with Gasteiger partial charge in [0, 0.05) is 24.5 Å². The fourth-order valence-corrected chi connectivity index (χ4v) is 3.43. The van der Waals surface area contributed by atoms with Gasteiger partial charge in [0.15, 0.2) is 0 Å². The number of pyridine rings is 1. The van der Waals surface area contributed by atoms with Crippen molar-refractivity contribution in [1.29, 1.82) is 0 Å². The number of ether oxygens (including phenoxy) is 2. The Hall–Kier alpha value is -2.12. The summed E-state index contributed by atoms with van der Waals surface area (Å²) in [4.78, 5) is 3.96. The van der Waals surface area contributed by atoms with Gasteiger partial charge in [-0.1, -0.05) is 0 Å². The second-order valence-electron chi connectivity index (χ2n) is 4.64. The summed E-state index contributed by atoms with van der Waals surface area (Å²) in [6, 6.07) is 7.75. The standard InChI is InChI=1S/C15H18N2O4S/c1-11(12-6-8-16-9-7-12)17-22(18,19)15-10-13(20-2)4-5-14(15)21-3/h4-11,17H,1-3H3. The van der Waals surface area contributed by atoms with Gasteiger partial charge in [0.2, 0.25) is 10.0 Å². The highest BCUT2D eigenvalue weighted by Gasteiger charge is 2.23. The van der Waals surface area contributed by atoms with Crippen LogP contribution in [0.3, 0.4) is 0 Å². The molecular formula is C15H18N2O4S. The molecule has 0 fully saturated rings. The lowest BCUT2D eigenvalue weighted by molar-refractivity contribution is 0.391. The van der Waals surface area contributed by atoms with Gasteiger partial charge in [-0.2, -0.15) is 0 Å². The molecule has 1 aromatic heterocycles. The molecule has 0 saturated carbocycles. The highest BCUT2D eigenvalue weighted by molar-refractivity contribution is 7.89. The number of nitrogens with one attached hydrogen (secondary N) is 1. The number of benzene rings is 1. The third kappa shape index (κ3) is 3.55. The van der Waals surface area contributed by atoms with E-state index in [1.165, 1.54) is 20.3 Å². The molecule has 1 N–H and O–H groups in total. The van der Waals surface area contributed by atoms with Crippen LogP contribution in [0.4, 0.5) is 0 Å². The van der Waals surface area contributed by atoms with Crippen molar-refractivity contribution in [2.24, 2.45) is 0 Å². The van der Waals surface area contributed by atoms with E-state index in [1.807, 2.05) is 0 Å². The highest BCUT2D eigenvalue weighted by Crippen LogP contribution is 2.29. The van der Waals surface area contributed by atoms with Crippen LogP contribution < -0.4 is 14.2 Å². The van der Waals surface area contributed by atoms with Crippen molar-refractivity contribution in [3.8, 4) is 11.5 Å². The molecule has 22 heavy (non-hydrogen) atoms. The van der Waals surface area contributed by atoms with E-state index in [2.05, 4.69) is 9.71 Å². The first-order chi connectivity index (χ1) is 10.5. The third-order valence-corrected chi connectivity index (χ3v) is 4.76. The van der Waals surface area contributed by atoms with Gasteiger partial charge in [-0.05, 0) is 36.8 Å². The second kappa shape index (κ2) is 6.76. The van der Waals surface area contributed by atoms with Gasteiger partial charge >= 0.3 is 0 Å². The average Bonchev–Trinajstić information content (AvgIpc) is 2.54. The van der Waals surface area contributed by atoms with Crippen LogP contribution in [-0.2, 0) is 10.0 Å². The maximum absolute atomic E-state index is 12.6. The largest absolute Gasteiger partial charge is 0.497 e. The molecule has 2 rings (SSSR count). The van der Waals surface area contributed by atoms with E-state index < -0.39 is 16.1 Å². The molecule has 0 amide bonds. The minimum atomic E-state index is -3.76. The molecule has 1 aromatic carbocycles. The van der Waals surface area contributed by atoms with Crippen LogP contribution in [-0.4, -0.2) is 27.6 Å². The topological polar surface area (TPSA) is 77.5 Å². The lowest BCUT2D eigenvalue weighted by atomic mass is 10.1. The Morgan fingerprint density at radius 2 is 1.77 bits per heavy atom. The summed E-state index contributed by atoms with van der Waals surface area (Å²) in [7, 11) is -0.857. The lowest BCUT2D eigenvalue weighted by Gasteiger charge is -2.16. The highest BCUT2D eigenvalue weighted by atomic mass is 32.2. The molecule has 0 saturated heterocycles. The van der Waals surface area contributed by atoms with Crippen molar-refractivity contribution < 1.29 is 17.9 Å². The van der Waals surface area contributed by atoms with Crippen LogP contribution in [0, 0.1) is 0 Å². The predicted octanol–water partition coefficient (Wildman–Crippen LogP) is 2.14. The first kappa shape index (κ1) is 16.3. The van der Waals surface area contributed by atoms with E-state index in [-0.39, 0.29) is 10.6 Å². The van der Waals surface area contributed by atoms with Crippen LogP contribution in [0.5, 0.6) is 11.5 Å². The quantitative estimate of drug-likeness (QED) is 0.881. The van der Waals surface area contributed by atoms with Crippen LogP contribution in [0.2, 0.25) is 0 Å². The number of sulfonamides is 1. The summed E-state index contributed by atoms with van der Waals surface area (Å²) in [6.45, 7) is 1.76. The Morgan fingerprint density at radius 1 is 1.09 bits per heavy atom. The van der Waals surface area contributed by atoms with Crippen molar-refractivity contribution in [3.63, 3.8) is 0 Å². The van der Waals surface area contributed by atoms with Gasteiger partial charge in [0.1, 0.15) is 16.4 Å². The first-order valence-electron chi connectivity index (χ1n) is 6.62. The molecule has 0 aliphatic rings. The van der Waals surface area contributed by atoms with Gasteiger partial charge < -0.3 is 9.47 Å². The lowest BCUT2D eigenvalue weighted by Crippen LogP contribution is -2.27. The fourth-order valence-electron chi connectivity index (χ4n) is 2.01. The zero-order chi connectivity index (χ0) is 16.2. The Morgan fingerprint density at radius 3 is 2.36 bits per heavy atom. The summed E-state index contributed by atoms with van der Waals surface area (Å²) < 4.78 is 38.0. The monoisotopic (exact) mass is 322 g/mol. The molecule has 0 aliphatic heterocycles. The van der Waals surface area contributed by atoms with Crippen LogP contribution in [0.25, 0.3) is 0 Å². The average molecular weight is 322 g/mol. The number of methoxy groups -OCH3 is 2. The molecule has 0 aliphatic carbocycles. The summed E-state index contributed by atoms with van der Waals surface area (Å²) in [5.41, 5.74) is 0.820. The Labute approximate surface area is 130 Å². The third-order valence-electron chi connectivity index (χ3n) is 3.20. The second-order valence-corrected chi connectivity index (χ2v) is 6.32. The molecule has 1 atom stereocenters. The van der Waals surface area contributed by atoms with Gasteiger partial charge in [-0.25, -0.2) is 13.1 Å². The van der Waals surface area contributed by atoms with E-state index in [9.17, 15) is 8.42 Å². The van der Waals surface area contributed by atoms with Gasteiger partial charge in [0.05, 0.1) is 14.2 Å². The smallest absolute Gasteiger partial charge is 0.244 e. The number of nitrogens with zero attached hydrogens (tertiary/aromatic N) is 1. The van der Waals surface area contributed by atoms with E-state index in [1.54, 1.807) is 43.6 Å². The predicted molar refractivity (Wildman–Crippen MR) is 82.5 cm³/mol. The summed E-state index contributed by atoms with van der Waals surface area (Å²) in [6.07, 6.45) is 3.23. The fraction of sp³-hybridized carbons (Fsp3) is 0.267. The van der Waals surface area contributed by atoms with Crippen molar-refractivity contribution >= 4 is 10.0 Å². The van der Waals surface area contributed by atoms with Gasteiger partial charge in [0.25, 0.3) is 0 Å². The zero-order valence-electron chi connectivity index (χ0n) is 12.6. The van der Waals surface area contributed by atoms with Crippen LogP contribution in [0.15, 0.2) is 47.6 Å². The number of hydrogen-bond donors (Lipinski definition) is 1. The SMILES string of the molecule is COc1ccc(OC)c(S(=O)(=O)NC(C)c2ccncc2)c1. The van der Waals surface area contributed by atoms with Crippen molar-refractivity contribution in [2.75, 3.05) is 14.2 Å². The number of aromatic nitrogens is 1. The molecule has 0 spiro atoms. The minimum absolute atomic E-state index is 0.0373. The normalized spacial score (nSPS) is 12.7. The van der Waals surface area contributed by atoms with Gasteiger partial charge in [-0.3, -0.25) is 4.98 Å². The van der Waals surface area contributed by atoms with Crippen LogP contribution >= 0.6 is 0 Å². The summed E-state index contributed by atoms with van der Waals surface area (Å²) in [5, 5.41) is 0. The van der Waals surface area contributed by atoms with Crippen molar-refractivity contribution in [1.82, 2.24) is 9.71 Å². The summed E-state index contributed by atoms with van der Waals surface area (Å²) in [5.74, 6) is 0.702. The Bertz CT molecular complexity index is 732. The Kier molecular flexibility index (Phi) is 4.99. The molecule has 1 unspecified atom stereocenters. The van der Waals surface area contributed by atoms with Crippen LogP contribution in [0.1, 0.15) is 18.5 Å². The van der Waals surface area contributed by atoms with E-state index in [0.717, 1.165) is 5.56 Å². The zero-order valence-corrected chi connectivity index (χ0v) is 13.4. The number of rotatable bonds is 6. The molecule has 118 valence electrons. The first-order valence-corrected chi connectivity index (χ1v) is 8.10. The molecule has 2 aromatic rings. The maximum atomic E-state index is 12.6. The molecule has 0 bridgehead atoms. The van der Waals surface area contributed by atoms with Crippen molar-refractivity contribution in [3.05, 3.63) is 48.3 Å². The maximum Gasteiger partial charge on any atom is 0.244 e. The van der Waals surface area contributed by atoms with Gasteiger partial charge in [-0.15, -0.1) is 0 Å². The number of hydrogen-bond acceptors (Lipinski definition) is 5. The van der Waals surface area contributed by atoms with E-state index in [0.29, 0.717) is 5.75 Å². The molecular weight excluding hydrogens is 304 g/mol. The molecule has 1 heterocycles. The molecule has 6 nitrogen and oxygen atoms in total. The van der Waals surface area contributed by atoms with E-state index in [4.69, 9.17) is 9.47 Å². The summed E-state index contributed by atoms with van der Waals surface area (Å²) >= 11 is 0. The Balaban J connectivity index is 2.34. The molecule has 7 heteroatoms. The van der Waals surface area contributed by atoms with E-state index >= 15 is 0 Å². The van der Waals surface area contributed by atoms with Crippen molar-refractivity contribution in [2.45, 2.75) is 17.9 Å². The minimum Gasteiger partial charge on any atom is -0.497 e. The molecule has 0 radical (unpaired) electrons.